The number of hydrogen-bond donors (Lipinski definition) is 1. The Hall–Kier alpha value is -1.51. The number of rotatable bonds is 4. The lowest BCUT2D eigenvalue weighted by molar-refractivity contribution is 0.352. The second-order valence-electron chi connectivity index (χ2n) is 5.70. The van der Waals surface area contributed by atoms with Gasteiger partial charge in [0, 0.05) is 17.4 Å². The lowest BCUT2D eigenvalue weighted by atomic mass is 9.90. The van der Waals surface area contributed by atoms with Crippen molar-refractivity contribution in [3.8, 4) is 5.75 Å². The van der Waals surface area contributed by atoms with Crippen molar-refractivity contribution in [2.75, 3.05) is 13.2 Å². The van der Waals surface area contributed by atoms with Crippen LogP contribution in [0.15, 0.2) is 36.4 Å². The van der Waals surface area contributed by atoms with Gasteiger partial charge in [-0.2, -0.15) is 0 Å². The highest BCUT2D eigenvalue weighted by Crippen LogP contribution is 2.35. The summed E-state index contributed by atoms with van der Waals surface area (Å²) in [6.45, 7) is 3.47. The highest BCUT2D eigenvalue weighted by atomic mass is 35.5. The van der Waals surface area contributed by atoms with Gasteiger partial charge in [-0.25, -0.2) is 0 Å². The van der Waals surface area contributed by atoms with Crippen LogP contribution in [0.2, 0.25) is 5.02 Å². The molecule has 2 N–H and O–H groups in total. The van der Waals surface area contributed by atoms with E-state index in [-0.39, 0.29) is 5.92 Å². The van der Waals surface area contributed by atoms with Crippen LogP contribution in [0.25, 0.3) is 0 Å². The summed E-state index contributed by atoms with van der Waals surface area (Å²) in [6.07, 6.45) is 1.81. The predicted octanol–water partition coefficient (Wildman–Crippen LogP) is 3.87. The molecule has 0 aliphatic carbocycles. The third kappa shape index (κ3) is 3.07. The Balaban J connectivity index is 1.91. The SMILES string of the molecule is Cc1cccc(C(CN)Cc2cc(Cl)cc3c2OCC3)c1. The van der Waals surface area contributed by atoms with Crippen molar-refractivity contribution in [3.63, 3.8) is 0 Å². The molecule has 0 radical (unpaired) electrons. The number of ether oxygens (including phenoxy) is 1. The molecule has 2 nitrogen and oxygen atoms in total. The minimum absolute atomic E-state index is 0.289. The fourth-order valence-corrected chi connectivity index (χ4v) is 3.29. The van der Waals surface area contributed by atoms with E-state index >= 15 is 0 Å². The van der Waals surface area contributed by atoms with E-state index in [0.29, 0.717) is 6.54 Å². The van der Waals surface area contributed by atoms with Gasteiger partial charge >= 0.3 is 0 Å². The van der Waals surface area contributed by atoms with Crippen molar-refractivity contribution >= 4 is 11.6 Å². The minimum atomic E-state index is 0.289. The molecule has 1 heterocycles. The summed E-state index contributed by atoms with van der Waals surface area (Å²) in [5.41, 5.74) is 10.9. The van der Waals surface area contributed by atoms with Crippen LogP contribution in [-0.4, -0.2) is 13.2 Å². The third-order valence-electron chi connectivity index (χ3n) is 4.09. The molecule has 3 heteroatoms. The molecule has 1 aliphatic heterocycles. The highest BCUT2D eigenvalue weighted by Gasteiger charge is 2.20. The van der Waals surface area contributed by atoms with E-state index in [0.717, 1.165) is 30.2 Å². The maximum atomic E-state index is 6.24. The van der Waals surface area contributed by atoms with E-state index < -0.39 is 0 Å². The lowest BCUT2D eigenvalue weighted by Crippen LogP contribution is -2.15. The third-order valence-corrected chi connectivity index (χ3v) is 4.31. The number of nitrogens with two attached hydrogens (primary N) is 1. The second-order valence-corrected chi connectivity index (χ2v) is 6.14. The van der Waals surface area contributed by atoms with E-state index in [4.69, 9.17) is 22.1 Å². The van der Waals surface area contributed by atoms with Crippen molar-refractivity contribution < 1.29 is 4.74 Å². The Morgan fingerprint density at radius 1 is 1.29 bits per heavy atom. The number of benzene rings is 2. The van der Waals surface area contributed by atoms with Crippen LogP contribution in [0.1, 0.15) is 28.2 Å². The van der Waals surface area contributed by atoms with Crippen molar-refractivity contribution in [1.29, 1.82) is 0 Å². The maximum Gasteiger partial charge on any atom is 0.125 e. The number of aryl methyl sites for hydroxylation is 1. The van der Waals surface area contributed by atoms with Crippen LogP contribution in [0, 0.1) is 6.92 Å². The van der Waals surface area contributed by atoms with Crippen LogP contribution in [0.5, 0.6) is 5.75 Å². The predicted molar refractivity (Wildman–Crippen MR) is 87.3 cm³/mol. The normalized spacial score (nSPS) is 14.6. The van der Waals surface area contributed by atoms with Gasteiger partial charge in [-0.3, -0.25) is 0 Å². The number of fused-ring (bicyclic) bond motifs is 1. The van der Waals surface area contributed by atoms with Crippen LogP contribution in [0.4, 0.5) is 0 Å². The molecule has 0 spiro atoms. The summed E-state index contributed by atoms with van der Waals surface area (Å²) < 4.78 is 5.79. The van der Waals surface area contributed by atoms with Gasteiger partial charge in [0.25, 0.3) is 0 Å². The van der Waals surface area contributed by atoms with Gasteiger partial charge in [0.05, 0.1) is 6.61 Å². The summed E-state index contributed by atoms with van der Waals surface area (Å²) in [7, 11) is 0. The minimum Gasteiger partial charge on any atom is -0.493 e. The van der Waals surface area contributed by atoms with E-state index in [1.807, 2.05) is 12.1 Å². The van der Waals surface area contributed by atoms with Crippen LogP contribution >= 0.6 is 11.6 Å². The second kappa shape index (κ2) is 6.08. The molecule has 2 aromatic carbocycles. The average molecular weight is 302 g/mol. The maximum absolute atomic E-state index is 6.24. The van der Waals surface area contributed by atoms with Crippen molar-refractivity contribution in [1.82, 2.24) is 0 Å². The standard InChI is InChI=1S/C18H20ClNO/c1-12-3-2-4-13(7-12)16(11-20)8-15-10-17(19)9-14-5-6-21-18(14)15/h2-4,7,9-10,16H,5-6,8,11,20H2,1H3. The van der Waals surface area contributed by atoms with Crippen molar-refractivity contribution in [2.45, 2.75) is 25.7 Å². The summed E-state index contributed by atoms with van der Waals surface area (Å²) in [6, 6.07) is 12.6. The van der Waals surface area contributed by atoms with Gasteiger partial charge in [0.15, 0.2) is 0 Å². The monoisotopic (exact) mass is 301 g/mol. The molecule has 1 atom stereocenters. The van der Waals surface area contributed by atoms with Gasteiger partial charge in [0.2, 0.25) is 0 Å². The van der Waals surface area contributed by atoms with Crippen LogP contribution in [-0.2, 0) is 12.8 Å². The first-order chi connectivity index (χ1) is 10.2. The summed E-state index contributed by atoms with van der Waals surface area (Å²) in [5.74, 6) is 1.31. The zero-order valence-corrected chi connectivity index (χ0v) is 13.0. The molecule has 0 amide bonds. The number of halogens is 1. The van der Waals surface area contributed by atoms with Gasteiger partial charge in [-0.1, -0.05) is 41.4 Å². The Bertz CT molecular complexity index is 654. The summed E-state index contributed by atoms with van der Waals surface area (Å²) in [5, 5.41) is 0.786. The molecule has 0 aromatic heterocycles. The van der Waals surface area contributed by atoms with Gasteiger partial charge in [-0.05, 0) is 48.7 Å². The van der Waals surface area contributed by atoms with Crippen molar-refractivity contribution in [2.24, 2.45) is 5.73 Å². The largest absolute Gasteiger partial charge is 0.493 e. The zero-order chi connectivity index (χ0) is 14.8. The lowest BCUT2D eigenvalue weighted by Gasteiger charge is -2.18. The van der Waals surface area contributed by atoms with E-state index in [1.165, 1.54) is 22.3 Å². The smallest absolute Gasteiger partial charge is 0.125 e. The highest BCUT2D eigenvalue weighted by molar-refractivity contribution is 6.30. The molecule has 1 aliphatic rings. The molecule has 110 valence electrons. The molecule has 3 rings (SSSR count). The van der Waals surface area contributed by atoms with Crippen LogP contribution in [0.3, 0.4) is 0 Å². The summed E-state index contributed by atoms with van der Waals surface area (Å²) >= 11 is 6.24. The van der Waals surface area contributed by atoms with Gasteiger partial charge in [0.1, 0.15) is 5.75 Å². The first kappa shape index (κ1) is 14.4. The molecule has 0 saturated heterocycles. The first-order valence-corrected chi connectivity index (χ1v) is 7.76. The molecule has 1 unspecified atom stereocenters. The fourth-order valence-electron chi connectivity index (χ4n) is 3.02. The molecule has 21 heavy (non-hydrogen) atoms. The number of hydrogen-bond acceptors (Lipinski definition) is 2. The van der Waals surface area contributed by atoms with Crippen molar-refractivity contribution in [3.05, 3.63) is 63.7 Å². The van der Waals surface area contributed by atoms with E-state index in [9.17, 15) is 0 Å². The zero-order valence-electron chi connectivity index (χ0n) is 12.2. The Labute approximate surface area is 130 Å². The van der Waals surface area contributed by atoms with E-state index in [2.05, 4.69) is 31.2 Å². The quantitative estimate of drug-likeness (QED) is 0.930. The van der Waals surface area contributed by atoms with Gasteiger partial charge in [-0.15, -0.1) is 0 Å². The van der Waals surface area contributed by atoms with Crippen LogP contribution < -0.4 is 10.5 Å². The topological polar surface area (TPSA) is 35.2 Å². The molecule has 2 aromatic rings. The molecular formula is C18H20ClNO. The Morgan fingerprint density at radius 3 is 2.90 bits per heavy atom. The molecular weight excluding hydrogens is 282 g/mol. The summed E-state index contributed by atoms with van der Waals surface area (Å²) in [4.78, 5) is 0. The Kier molecular flexibility index (Phi) is 4.18. The van der Waals surface area contributed by atoms with E-state index in [1.54, 1.807) is 0 Å². The molecule has 0 bridgehead atoms. The molecule has 0 saturated carbocycles. The Morgan fingerprint density at radius 2 is 2.14 bits per heavy atom. The average Bonchev–Trinajstić information content (AvgIpc) is 2.92. The first-order valence-electron chi connectivity index (χ1n) is 7.38. The fraction of sp³-hybridized carbons (Fsp3) is 0.333. The van der Waals surface area contributed by atoms with Gasteiger partial charge < -0.3 is 10.5 Å². The molecule has 0 fully saturated rings.